The number of aliphatic hydroxyl groups is 1. The number of aliphatic hydroxyl groups excluding tert-OH is 1. The second-order valence-corrected chi connectivity index (χ2v) is 12.6. The Bertz CT molecular complexity index is 1450. The maximum atomic E-state index is 13.5. The number of hydrogen-bond acceptors (Lipinski definition) is 8. The van der Waals surface area contributed by atoms with Crippen molar-refractivity contribution in [3.8, 4) is 0 Å². The number of hydrogen-bond donors (Lipinski definition) is 4. The van der Waals surface area contributed by atoms with Gasteiger partial charge in [0.05, 0.1) is 24.4 Å². The minimum Gasteiger partial charge on any atom is -0.394 e. The molecule has 1 fully saturated rings. The number of methoxy groups -OCH3 is 1. The average molecular weight is 583 g/mol. The highest BCUT2D eigenvalue weighted by atomic mass is 32.1. The molecule has 4 heterocycles. The average Bonchev–Trinajstić information content (AvgIpc) is 3.58. The summed E-state index contributed by atoms with van der Waals surface area (Å²) in [5.74, 6) is -0.765. The topological polar surface area (TPSA) is 140 Å². The Balaban J connectivity index is 1.32. The van der Waals surface area contributed by atoms with E-state index < -0.39 is 6.04 Å². The van der Waals surface area contributed by atoms with E-state index in [4.69, 9.17) is 4.74 Å². The van der Waals surface area contributed by atoms with Gasteiger partial charge in [-0.05, 0) is 45.4 Å². The van der Waals surface area contributed by atoms with E-state index in [1.54, 1.807) is 4.90 Å². The summed E-state index contributed by atoms with van der Waals surface area (Å²) in [6.07, 6.45) is 1.18. The number of aromatic nitrogens is 2. The van der Waals surface area contributed by atoms with Gasteiger partial charge < -0.3 is 30.4 Å². The molecule has 2 aliphatic heterocycles. The molecule has 0 saturated carbocycles. The molecule has 2 aromatic heterocycles. The van der Waals surface area contributed by atoms with E-state index in [-0.39, 0.29) is 49.1 Å². The third-order valence-corrected chi connectivity index (χ3v) is 9.14. The molecule has 0 bridgehead atoms. The number of thiazole rings is 1. The summed E-state index contributed by atoms with van der Waals surface area (Å²) in [6.45, 7) is 8.05. The molecular weight excluding hydrogens is 544 g/mol. The zero-order chi connectivity index (χ0) is 29.3. The number of ether oxygens (including phenoxy) is 1. The summed E-state index contributed by atoms with van der Waals surface area (Å²) >= 11 is 1.35. The Hall–Kier alpha value is -3.32. The lowest BCUT2D eigenvalue weighted by Crippen LogP contribution is -2.61. The minimum atomic E-state index is -0.515. The zero-order valence-electron chi connectivity index (χ0n) is 24.0. The summed E-state index contributed by atoms with van der Waals surface area (Å²) < 4.78 is 5.04. The van der Waals surface area contributed by atoms with Gasteiger partial charge in [0.25, 0.3) is 11.8 Å². The maximum Gasteiger partial charge on any atom is 0.280 e. The van der Waals surface area contributed by atoms with Crippen molar-refractivity contribution in [3.63, 3.8) is 0 Å². The predicted octanol–water partition coefficient (Wildman–Crippen LogP) is 1.84. The van der Waals surface area contributed by atoms with Crippen molar-refractivity contribution >= 4 is 40.0 Å². The first kappa shape index (κ1) is 29.2. The molecule has 2 aliphatic rings. The Kier molecular flexibility index (Phi) is 8.46. The van der Waals surface area contributed by atoms with Gasteiger partial charge in [-0.15, -0.1) is 11.3 Å². The fraction of sp³-hybridized carbons (Fsp3) is 0.517. The first-order chi connectivity index (χ1) is 19.6. The highest BCUT2D eigenvalue weighted by Crippen LogP contribution is 2.29. The number of piperidine rings is 1. The fourth-order valence-electron chi connectivity index (χ4n) is 5.47. The van der Waals surface area contributed by atoms with Gasteiger partial charge in [-0.2, -0.15) is 0 Å². The molecular formula is C29H38N6O5S. The number of nitrogens with one attached hydrogen (secondary N) is 3. The first-order valence-corrected chi connectivity index (χ1v) is 14.7. The number of benzene rings is 1. The van der Waals surface area contributed by atoms with Crippen LogP contribution in [0.3, 0.4) is 0 Å². The molecule has 0 spiro atoms. The maximum absolute atomic E-state index is 13.5. The van der Waals surface area contributed by atoms with Crippen LogP contribution in [0.25, 0.3) is 10.9 Å². The Labute approximate surface area is 243 Å². The van der Waals surface area contributed by atoms with Gasteiger partial charge in [-0.3, -0.25) is 19.3 Å². The van der Waals surface area contributed by atoms with Gasteiger partial charge in [0, 0.05) is 61.0 Å². The molecule has 3 amide bonds. The molecule has 12 heteroatoms. The molecule has 4 N–H and O–H groups in total. The zero-order valence-corrected chi connectivity index (χ0v) is 24.8. The molecule has 0 radical (unpaired) electrons. The number of likely N-dealkylation sites (tertiary alicyclic amines) is 1. The molecule has 1 saturated heterocycles. The minimum absolute atomic E-state index is 0.0414. The number of amides is 3. The summed E-state index contributed by atoms with van der Waals surface area (Å²) in [4.78, 5) is 52.0. The first-order valence-electron chi connectivity index (χ1n) is 13.9. The third-order valence-electron chi connectivity index (χ3n) is 8.06. The summed E-state index contributed by atoms with van der Waals surface area (Å²) in [5, 5.41) is 17.2. The van der Waals surface area contributed by atoms with Gasteiger partial charge in [0.2, 0.25) is 5.91 Å². The van der Waals surface area contributed by atoms with Crippen LogP contribution in [-0.4, -0.2) is 100 Å². The van der Waals surface area contributed by atoms with Crippen LogP contribution in [0.15, 0.2) is 24.3 Å². The molecule has 11 nitrogen and oxygen atoms in total. The van der Waals surface area contributed by atoms with Crippen LogP contribution < -0.4 is 10.6 Å². The number of aryl methyl sites for hydroxylation is 1. The van der Waals surface area contributed by atoms with Crippen molar-refractivity contribution in [2.45, 2.75) is 57.8 Å². The molecule has 220 valence electrons. The van der Waals surface area contributed by atoms with Crippen LogP contribution in [0.5, 0.6) is 0 Å². The number of aromatic amines is 1. The summed E-state index contributed by atoms with van der Waals surface area (Å²) in [5.41, 5.74) is 2.97. The summed E-state index contributed by atoms with van der Waals surface area (Å²) in [7, 11) is 1.47. The van der Waals surface area contributed by atoms with Crippen LogP contribution in [0.1, 0.15) is 56.7 Å². The molecule has 0 unspecified atom stereocenters. The lowest BCUT2D eigenvalue weighted by molar-refractivity contribution is -0.136. The van der Waals surface area contributed by atoms with Gasteiger partial charge in [0.1, 0.15) is 12.3 Å². The number of fused-ring (bicyclic) bond motifs is 2. The quantitative estimate of drug-likeness (QED) is 0.318. The van der Waals surface area contributed by atoms with E-state index in [9.17, 15) is 19.5 Å². The van der Waals surface area contributed by atoms with E-state index in [2.05, 4.69) is 25.5 Å². The third kappa shape index (κ3) is 6.30. The van der Waals surface area contributed by atoms with Gasteiger partial charge in [0.15, 0.2) is 5.01 Å². The SMILES string of the molecule is COCC(=O)N1CC[C@H](NC(=O)c2cc3cc(C)ccc3[nH]2)[C@H](NC(=O)c2nc3c(s2)CN(C(C)(C)CO)CC3)C1. The van der Waals surface area contributed by atoms with Gasteiger partial charge >= 0.3 is 0 Å². The molecule has 2 atom stereocenters. The van der Waals surface area contributed by atoms with E-state index in [1.165, 1.54) is 18.4 Å². The van der Waals surface area contributed by atoms with Crippen LogP contribution in [0.2, 0.25) is 0 Å². The van der Waals surface area contributed by atoms with Crippen molar-refractivity contribution in [2.24, 2.45) is 0 Å². The number of carbonyl (C=O) groups is 3. The van der Waals surface area contributed by atoms with E-state index in [1.807, 2.05) is 45.0 Å². The van der Waals surface area contributed by atoms with Crippen molar-refractivity contribution in [1.82, 2.24) is 30.4 Å². The Morgan fingerprint density at radius 2 is 1.95 bits per heavy atom. The van der Waals surface area contributed by atoms with Crippen LogP contribution in [0, 0.1) is 6.92 Å². The monoisotopic (exact) mass is 582 g/mol. The second kappa shape index (κ2) is 11.9. The highest BCUT2D eigenvalue weighted by molar-refractivity contribution is 7.13. The Morgan fingerprint density at radius 3 is 2.71 bits per heavy atom. The van der Waals surface area contributed by atoms with E-state index in [0.717, 1.165) is 33.6 Å². The number of rotatable bonds is 8. The highest BCUT2D eigenvalue weighted by Gasteiger charge is 2.36. The molecule has 0 aliphatic carbocycles. The van der Waals surface area contributed by atoms with Crippen LogP contribution in [0.4, 0.5) is 0 Å². The van der Waals surface area contributed by atoms with Crippen molar-refractivity contribution in [3.05, 3.63) is 51.1 Å². The summed E-state index contributed by atoms with van der Waals surface area (Å²) in [6, 6.07) is 6.87. The largest absolute Gasteiger partial charge is 0.394 e. The standard InChI is InChI=1S/C29H38N6O5S/c1-17-5-6-19-18(11-17)12-22(30-19)26(38)31-20-7-9-34(25(37)15-40-4)13-23(20)32-27(39)28-33-21-8-10-35(14-24(21)41-28)29(2,3)16-36/h5-6,11-12,20,23,30,36H,7-10,13-16H2,1-4H3,(H,31,38)(H,32,39)/t20-,23+/m0/s1. The lowest BCUT2D eigenvalue weighted by Gasteiger charge is -2.39. The molecule has 5 rings (SSSR count). The van der Waals surface area contributed by atoms with E-state index >= 15 is 0 Å². The van der Waals surface area contributed by atoms with Crippen LogP contribution >= 0.6 is 11.3 Å². The van der Waals surface area contributed by atoms with E-state index in [0.29, 0.717) is 36.6 Å². The molecule has 41 heavy (non-hydrogen) atoms. The number of carbonyl (C=O) groups excluding carboxylic acids is 3. The lowest BCUT2D eigenvalue weighted by atomic mass is 9.98. The predicted molar refractivity (Wildman–Crippen MR) is 156 cm³/mol. The van der Waals surface area contributed by atoms with Gasteiger partial charge in [-0.25, -0.2) is 4.98 Å². The van der Waals surface area contributed by atoms with Crippen molar-refractivity contribution < 1.29 is 24.2 Å². The normalized spacial score (nSPS) is 19.7. The van der Waals surface area contributed by atoms with Crippen molar-refractivity contribution in [2.75, 3.05) is 40.0 Å². The van der Waals surface area contributed by atoms with Crippen LogP contribution in [-0.2, 0) is 22.5 Å². The second-order valence-electron chi connectivity index (χ2n) is 11.5. The van der Waals surface area contributed by atoms with Crippen molar-refractivity contribution in [1.29, 1.82) is 0 Å². The Morgan fingerprint density at radius 1 is 1.17 bits per heavy atom. The fourth-order valence-corrected chi connectivity index (χ4v) is 6.50. The molecule has 3 aromatic rings. The van der Waals surface area contributed by atoms with Gasteiger partial charge in [-0.1, -0.05) is 11.6 Å². The number of H-pyrrole nitrogens is 1. The molecule has 1 aromatic carbocycles. The number of nitrogens with zero attached hydrogens (tertiary/aromatic N) is 3. The smallest absolute Gasteiger partial charge is 0.280 e.